The van der Waals surface area contributed by atoms with Gasteiger partial charge < -0.3 is 15.2 Å². The molecule has 0 radical (unpaired) electrons. The van der Waals surface area contributed by atoms with Gasteiger partial charge in [0.1, 0.15) is 5.75 Å². The number of hydrogen-bond donors (Lipinski definition) is 2. The second-order valence-electron chi connectivity index (χ2n) is 3.29. The van der Waals surface area contributed by atoms with Gasteiger partial charge in [0.25, 0.3) is 0 Å². The van der Waals surface area contributed by atoms with Crippen LogP contribution in [0.25, 0.3) is 0 Å². The summed E-state index contributed by atoms with van der Waals surface area (Å²) in [5, 5.41) is 11.1. The third kappa shape index (κ3) is 3.41. The van der Waals surface area contributed by atoms with Crippen LogP contribution in [0, 0.1) is 0 Å². The molecule has 1 unspecified atom stereocenters. The van der Waals surface area contributed by atoms with Crippen molar-refractivity contribution in [2.24, 2.45) is 0 Å². The van der Waals surface area contributed by atoms with Crippen LogP contribution >= 0.6 is 15.9 Å². The van der Waals surface area contributed by atoms with Gasteiger partial charge in [0, 0.05) is 10.0 Å². The average molecular weight is 288 g/mol. The van der Waals surface area contributed by atoms with Gasteiger partial charge in [0.2, 0.25) is 0 Å². The quantitative estimate of drug-likeness (QED) is 0.894. The fourth-order valence-corrected chi connectivity index (χ4v) is 1.79. The van der Waals surface area contributed by atoms with E-state index in [0.717, 1.165) is 10.0 Å². The summed E-state index contributed by atoms with van der Waals surface area (Å²) in [6.45, 7) is 4.22. The highest BCUT2D eigenvalue weighted by Crippen LogP contribution is 2.28. The van der Waals surface area contributed by atoms with E-state index < -0.39 is 6.09 Å². The molecule has 0 saturated heterocycles. The summed E-state index contributed by atoms with van der Waals surface area (Å²) in [5.41, 5.74) is 0.818. The van der Waals surface area contributed by atoms with E-state index in [0.29, 0.717) is 12.4 Å². The summed E-state index contributed by atoms with van der Waals surface area (Å²) in [7, 11) is 0. The number of benzene rings is 1. The second-order valence-corrected chi connectivity index (χ2v) is 4.20. The van der Waals surface area contributed by atoms with Gasteiger partial charge in [0.15, 0.2) is 0 Å². The van der Waals surface area contributed by atoms with Crippen molar-refractivity contribution < 1.29 is 14.6 Å². The lowest BCUT2D eigenvalue weighted by atomic mass is 10.1. The third-order valence-corrected chi connectivity index (χ3v) is 2.57. The van der Waals surface area contributed by atoms with Crippen LogP contribution < -0.4 is 10.1 Å². The molecule has 0 fully saturated rings. The van der Waals surface area contributed by atoms with E-state index in [4.69, 9.17) is 9.84 Å². The Labute approximate surface area is 103 Å². The Morgan fingerprint density at radius 2 is 2.31 bits per heavy atom. The van der Waals surface area contributed by atoms with Crippen LogP contribution in [0.15, 0.2) is 22.7 Å². The lowest BCUT2D eigenvalue weighted by Crippen LogP contribution is -2.24. The SMILES string of the molecule is CCOc1ccc(Br)cc1C(C)NC(=O)O. The van der Waals surface area contributed by atoms with Gasteiger partial charge in [-0.05, 0) is 32.0 Å². The standard InChI is InChI=1S/C11H14BrNO3/c1-3-16-10-5-4-8(12)6-9(10)7(2)13-11(14)15/h4-7,13H,3H2,1-2H3,(H,14,15). The summed E-state index contributed by atoms with van der Waals surface area (Å²) in [6.07, 6.45) is -1.05. The number of rotatable bonds is 4. The topological polar surface area (TPSA) is 58.6 Å². The second kappa shape index (κ2) is 5.75. The average Bonchev–Trinajstić information content (AvgIpc) is 2.20. The fraction of sp³-hybridized carbons (Fsp3) is 0.364. The lowest BCUT2D eigenvalue weighted by molar-refractivity contribution is 0.190. The molecule has 1 amide bonds. The number of nitrogens with one attached hydrogen (secondary N) is 1. The maximum absolute atomic E-state index is 10.6. The van der Waals surface area contributed by atoms with Crippen molar-refractivity contribution in [3.63, 3.8) is 0 Å². The van der Waals surface area contributed by atoms with Gasteiger partial charge in [-0.25, -0.2) is 4.79 Å². The molecule has 0 aliphatic carbocycles. The van der Waals surface area contributed by atoms with Crippen LogP contribution in [-0.2, 0) is 0 Å². The van der Waals surface area contributed by atoms with Crippen LogP contribution in [0.4, 0.5) is 4.79 Å². The van der Waals surface area contributed by atoms with E-state index in [-0.39, 0.29) is 6.04 Å². The zero-order valence-electron chi connectivity index (χ0n) is 9.16. The molecule has 88 valence electrons. The number of carbonyl (C=O) groups is 1. The van der Waals surface area contributed by atoms with E-state index in [1.165, 1.54) is 0 Å². The Hall–Kier alpha value is -1.23. The maximum Gasteiger partial charge on any atom is 0.405 e. The van der Waals surface area contributed by atoms with Crippen LogP contribution in [0.5, 0.6) is 5.75 Å². The van der Waals surface area contributed by atoms with Crippen LogP contribution in [0.3, 0.4) is 0 Å². The number of ether oxygens (including phenoxy) is 1. The minimum Gasteiger partial charge on any atom is -0.494 e. The predicted molar refractivity (Wildman–Crippen MR) is 64.9 cm³/mol. The molecule has 1 rings (SSSR count). The van der Waals surface area contributed by atoms with E-state index >= 15 is 0 Å². The summed E-state index contributed by atoms with van der Waals surface area (Å²) < 4.78 is 6.33. The fourth-order valence-electron chi connectivity index (χ4n) is 1.41. The Bertz CT molecular complexity index is 381. The Morgan fingerprint density at radius 3 is 2.88 bits per heavy atom. The molecule has 0 aliphatic rings. The van der Waals surface area contributed by atoms with Gasteiger partial charge in [0.05, 0.1) is 12.6 Å². The largest absolute Gasteiger partial charge is 0.494 e. The first-order valence-corrected chi connectivity index (χ1v) is 5.75. The maximum atomic E-state index is 10.6. The van der Waals surface area contributed by atoms with Crippen molar-refractivity contribution in [2.45, 2.75) is 19.9 Å². The van der Waals surface area contributed by atoms with Gasteiger partial charge in [-0.2, -0.15) is 0 Å². The summed E-state index contributed by atoms with van der Waals surface area (Å²) in [5.74, 6) is 0.701. The summed E-state index contributed by atoms with van der Waals surface area (Å²) in [6, 6.07) is 5.23. The van der Waals surface area contributed by atoms with Crippen molar-refractivity contribution in [1.82, 2.24) is 5.32 Å². The van der Waals surface area contributed by atoms with Gasteiger partial charge in [-0.3, -0.25) is 0 Å². The molecule has 16 heavy (non-hydrogen) atoms. The molecule has 2 N–H and O–H groups in total. The molecular formula is C11H14BrNO3. The molecule has 0 spiro atoms. The van der Waals surface area contributed by atoms with Gasteiger partial charge >= 0.3 is 6.09 Å². The summed E-state index contributed by atoms with van der Waals surface area (Å²) in [4.78, 5) is 10.6. The number of amides is 1. The van der Waals surface area contributed by atoms with Crippen molar-refractivity contribution >= 4 is 22.0 Å². The number of halogens is 1. The molecule has 4 nitrogen and oxygen atoms in total. The Balaban J connectivity index is 2.98. The van der Waals surface area contributed by atoms with Crippen molar-refractivity contribution in [3.05, 3.63) is 28.2 Å². The van der Waals surface area contributed by atoms with Crippen molar-refractivity contribution in [2.75, 3.05) is 6.61 Å². The van der Waals surface area contributed by atoms with Crippen LogP contribution in [0.2, 0.25) is 0 Å². The first-order valence-electron chi connectivity index (χ1n) is 4.96. The molecule has 0 bridgehead atoms. The monoisotopic (exact) mass is 287 g/mol. The Kier molecular flexibility index (Phi) is 4.61. The lowest BCUT2D eigenvalue weighted by Gasteiger charge is -2.16. The zero-order valence-corrected chi connectivity index (χ0v) is 10.7. The molecule has 0 aliphatic heterocycles. The van der Waals surface area contributed by atoms with Gasteiger partial charge in [-0.15, -0.1) is 0 Å². The molecule has 1 atom stereocenters. The normalized spacial score (nSPS) is 11.9. The molecule has 1 aromatic rings. The van der Waals surface area contributed by atoms with E-state index in [1.54, 1.807) is 6.92 Å². The van der Waals surface area contributed by atoms with Crippen molar-refractivity contribution in [3.8, 4) is 5.75 Å². The van der Waals surface area contributed by atoms with E-state index in [2.05, 4.69) is 21.2 Å². The van der Waals surface area contributed by atoms with E-state index in [9.17, 15) is 4.79 Å². The minimum atomic E-state index is -1.05. The van der Waals surface area contributed by atoms with Gasteiger partial charge in [-0.1, -0.05) is 15.9 Å². The zero-order chi connectivity index (χ0) is 12.1. The first kappa shape index (κ1) is 12.8. The highest BCUT2D eigenvalue weighted by Gasteiger charge is 2.13. The number of carboxylic acid groups (broad SMARTS) is 1. The molecule has 0 saturated carbocycles. The molecule has 5 heteroatoms. The smallest absolute Gasteiger partial charge is 0.405 e. The number of hydrogen-bond acceptors (Lipinski definition) is 2. The molecule has 0 aromatic heterocycles. The first-order chi connectivity index (χ1) is 7.54. The van der Waals surface area contributed by atoms with Crippen LogP contribution in [0.1, 0.15) is 25.5 Å². The molecular weight excluding hydrogens is 274 g/mol. The van der Waals surface area contributed by atoms with E-state index in [1.807, 2.05) is 25.1 Å². The Morgan fingerprint density at radius 1 is 1.62 bits per heavy atom. The predicted octanol–water partition coefficient (Wildman–Crippen LogP) is 3.18. The summed E-state index contributed by atoms with van der Waals surface area (Å²) >= 11 is 3.35. The molecule has 0 heterocycles. The molecule has 1 aromatic carbocycles. The highest BCUT2D eigenvalue weighted by molar-refractivity contribution is 9.10. The van der Waals surface area contributed by atoms with Crippen LogP contribution in [-0.4, -0.2) is 17.8 Å². The minimum absolute atomic E-state index is 0.309. The highest BCUT2D eigenvalue weighted by atomic mass is 79.9. The van der Waals surface area contributed by atoms with Crippen molar-refractivity contribution in [1.29, 1.82) is 0 Å². The third-order valence-electron chi connectivity index (χ3n) is 2.08.